The van der Waals surface area contributed by atoms with Crippen LogP contribution in [0.2, 0.25) is 0 Å². The lowest BCUT2D eigenvalue weighted by molar-refractivity contribution is -0.136. The molecule has 0 amide bonds. The van der Waals surface area contributed by atoms with Gasteiger partial charge in [0.2, 0.25) is 0 Å². The number of nitrogens with one attached hydrogen (secondary N) is 1. The van der Waals surface area contributed by atoms with Crippen molar-refractivity contribution in [2.24, 2.45) is 0 Å². The molecule has 2 aromatic carbocycles. The second kappa shape index (κ2) is 11.1. The van der Waals surface area contributed by atoms with Gasteiger partial charge < -0.3 is 20.3 Å². The lowest BCUT2D eigenvalue weighted by atomic mass is 10.0. The van der Waals surface area contributed by atoms with Crippen LogP contribution in [-0.2, 0) is 17.8 Å². The number of halogens is 1. The summed E-state index contributed by atoms with van der Waals surface area (Å²) >= 11 is 0. The van der Waals surface area contributed by atoms with Crippen LogP contribution in [0.3, 0.4) is 0 Å². The van der Waals surface area contributed by atoms with Gasteiger partial charge in [0, 0.05) is 24.7 Å². The first-order valence-electron chi connectivity index (χ1n) is 10.3. The summed E-state index contributed by atoms with van der Waals surface area (Å²) in [5.41, 5.74) is 1.71. The van der Waals surface area contributed by atoms with Gasteiger partial charge in [0.1, 0.15) is 24.3 Å². The molecule has 1 aliphatic heterocycles. The standard InChI is InChI=1S/C23H29FN2O4/c24-19-7-5-17(6-8-19)15-26-11-9-20(10-12-26)25-14-21(27)16-30-22-4-2-1-3-18(22)13-23(28)29/h1-8,20-21,25,27H,9-16H2,(H,28,29)/t21-/m1/s1. The summed E-state index contributed by atoms with van der Waals surface area (Å²) in [6, 6.07) is 14.0. The quantitative estimate of drug-likeness (QED) is 0.552. The van der Waals surface area contributed by atoms with Gasteiger partial charge >= 0.3 is 5.97 Å². The predicted molar refractivity (Wildman–Crippen MR) is 112 cm³/mol. The van der Waals surface area contributed by atoms with E-state index in [-0.39, 0.29) is 18.8 Å². The molecule has 1 saturated heterocycles. The lowest BCUT2D eigenvalue weighted by Crippen LogP contribution is -2.45. The van der Waals surface area contributed by atoms with Gasteiger partial charge in [-0.2, -0.15) is 0 Å². The molecule has 7 heteroatoms. The molecule has 162 valence electrons. The molecule has 0 saturated carbocycles. The maximum Gasteiger partial charge on any atom is 0.307 e. The van der Waals surface area contributed by atoms with E-state index in [0.29, 0.717) is 23.9 Å². The number of rotatable bonds is 10. The molecule has 30 heavy (non-hydrogen) atoms. The Morgan fingerprint density at radius 2 is 1.87 bits per heavy atom. The molecule has 3 N–H and O–H groups in total. The highest BCUT2D eigenvalue weighted by Crippen LogP contribution is 2.19. The Balaban J connectivity index is 1.35. The van der Waals surface area contributed by atoms with Crippen LogP contribution in [0.15, 0.2) is 48.5 Å². The van der Waals surface area contributed by atoms with Crippen LogP contribution < -0.4 is 10.1 Å². The number of hydrogen-bond acceptors (Lipinski definition) is 5. The number of piperidine rings is 1. The number of aliphatic carboxylic acids is 1. The number of carboxylic acid groups (broad SMARTS) is 1. The van der Waals surface area contributed by atoms with Crippen molar-refractivity contribution in [2.75, 3.05) is 26.2 Å². The Bertz CT molecular complexity index is 807. The van der Waals surface area contributed by atoms with Gasteiger partial charge in [-0.3, -0.25) is 9.69 Å². The molecular formula is C23H29FN2O4. The van der Waals surface area contributed by atoms with Crippen LogP contribution in [0.25, 0.3) is 0 Å². The third-order valence-electron chi connectivity index (χ3n) is 5.29. The fourth-order valence-electron chi connectivity index (χ4n) is 3.64. The first kappa shape index (κ1) is 22.2. The Labute approximate surface area is 176 Å². The van der Waals surface area contributed by atoms with Crippen LogP contribution in [-0.4, -0.2) is 59.5 Å². The highest BCUT2D eigenvalue weighted by molar-refractivity contribution is 5.71. The van der Waals surface area contributed by atoms with Crippen molar-refractivity contribution in [1.82, 2.24) is 10.2 Å². The molecule has 0 unspecified atom stereocenters. The van der Waals surface area contributed by atoms with Crippen LogP contribution >= 0.6 is 0 Å². The summed E-state index contributed by atoms with van der Waals surface area (Å²) in [6.07, 6.45) is 1.17. The Morgan fingerprint density at radius 3 is 2.57 bits per heavy atom. The molecule has 2 aromatic rings. The minimum absolute atomic E-state index is 0.104. The van der Waals surface area contributed by atoms with Crippen molar-refractivity contribution >= 4 is 5.97 Å². The van der Waals surface area contributed by atoms with E-state index in [4.69, 9.17) is 9.84 Å². The second-order valence-electron chi connectivity index (χ2n) is 7.73. The normalized spacial score (nSPS) is 16.3. The molecule has 1 fully saturated rings. The van der Waals surface area contributed by atoms with E-state index in [9.17, 15) is 14.3 Å². The Morgan fingerprint density at radius 1 is 1.17 bits per heavy atom. The molecule has 0 spiro atoms. The van der Waals surface area contributed by atoms with Gasteiger partial charge in [0.25, 0.3) is 0 Å². The molecule has 6 nitrogen and oxygen atoms in total. The van der Waals surface area contributed by atoms with Crippen molar-refractivity contribution in [2.45, 2.75) is 38.0 Å². The van der Waals surface area contributed by atoms with E-state index in [1.807, 2.05) is 12.1 Å². The largest absolute Gasteiger partial charge is 0.491 e. The zero-order valence-corrected chi connectivity index (χ0v) is 17.0. The van der Waals surface area contributed by atoms with E-state index in [1.54, 1.807) is 24.3 Å². The molecule has 0 aromatic heterocycles. The van der Waals surface area contributed by atoms with Crippen LogP contribution in [0.1, 0.15) is 24.0 Å². The number of para-hydroxylation sites is 1. The highest BCUT2D eigenvalue weighted by atomic mass is 19.1. The van der Waals surface area contributed by atoms with Crippen molar-refractivity contribution in [1.29, 1.82) is 0 Å². The number of aliphatic hydroxyl groups excluding tert-OH is 1. The SMILES string of the molecule is O=C(O)Cc1ccccc1OC[C@H](O)CNC1CCN(Cc2ccc(F)cc2)CC1. The van der Waals surface area contributed by atoms with Crippen molar-refractivity contribution in [3.63, 3.8) is 0 Å². The highest BCUT2D eigenvalue weighted by Gasteiger charge is 2.20. The topological polar surface area (TPSA) is 82.0 Å². The summed E-state index contributed by atoms with van der Waals surface area (Å²) < 4.78 is 18.7. The fourth-order valence-corrected chi connectivity index (χ4v) is 3.64. The predicted octanol–water partition coefficient (Wildman–Crippen LogP) is 2.45. The van der Waals surface area contributed by atoms with Gasteiger partial charge in [-0.25, -0.2) is 4.39 Å². The zero-order valence-electron chi connectivity index (χ0n) is 17.0. The average molecular weight is 416 g/mol. The number of ether oxygens (including phenoxy) is 1. The molecule has 0 radical (unpaired) electrons. The van der Waals surface area contributed by atoms with Gasteiger partial charge in [0.05, 0.1) is 6.42 Å². The number of hydrogen-bond donors (Lipinski definition) is 3. The van der Waals surface area contributed by atoms with E-state index < -0.39 is 12.1 Å². The summed E-state index contributed by atoms with van der Waals surface area (Å²) in [6.45, 7) is 3.24. The van der Waals surface area contributed by atoms with Gasteiger partial charge in [-0.05, 0) is 49.7 Å². The molecule has 3 rings (SSSR count). The van der Waals surface area contributed by atoms with Crippen molar-refractivity contribution in [3.8, 4) is 5.75 Å². The number of carbonyl (C=O) groups is 1. The molecule has 1 heterocycles. The monoisotopic (exact) mass is 416 g/mol. The molecule has 1 aliphatic rings. The summed E-state index contributed by atoms with van der Waals surface area (Å²) in [4.78, 5) is 13.3. The summed E-state index contributed by atoms with van der Waals surface area (Å²) in [7, 11) is 0. The van der Waals surface area contributed by atoms with E-state index >= 15 is 0 Å². The molecule has 1 atom stereocenters. The first-order valence-corrected chi connectivity index (χ1v) is 10.3. The third-order valence-corrected chi connectivity index (χ3v) is 5.29. The van der Waals surface area contributed by atoms with E-state index in [0.717, 1.165) is 38.0 Å². The van der Waals surface area contributed by atoms with Gasteiger partial charge in [-0.15, -0.1) is 0 Å². The maximum absolute atomic E-state index is 13.0. The maximum atomic E-state index is 13.0. The van der Waals surface area contributed by atoms with Crippen LogP contribution in [0.5, 0.6) is 5.75 Å². The molecular weight excluding hydrogens is 387 g/mol. The van der Waals surface area contributed by atoms with Gasteiger partial charge in [-0.1, -0.05) is 30.3 Å². The van der Waals surface area contributed by atoms with Gasteiger partial charge in [0.15, 0.2) is 0 Å². The van der Waals surface area contributed by atoms with E-state index in [2.05, 4.69) is 10.2 Å². The van der Waals surface area contributed by atoms with Crippen molar-refractivity contribution < 1.29 is 24.1 Å². The smallest absolute Gasteiger partial charge is 0.307 e. The van der Waals surface area contributed by atoms with Crippen molar-refractivity contribution in [3.05, 3.63) is 65.5 Å². The minimum Gasteiger partial charge on any atom is -0.491 e. The number of carboxylic acids is 1. The van der Waals surface area contributed by atoms with Crippen LogP contribution in [0, 0.1) is 5.82 Å². The molecule has 0 aliphatic carbocycles. The average Bonchev–Trinajstić information content (AvgIpc) is 2.74. The second-order valence-corrected chi connectivity index (χ2v) is 7.73. The minimum atomic E-state index is -0.918. The first-order chi connectivity index (χ1) is 14.5. The summed E-state index contributed by atoms with van der Waals surface area (Å²) in [5, 5.41) is 22.6. The number of nitrogens with zero attached hydrogens (tertiary/aromatic N) is 1. The number of likely N-dealkylation sites (tertiary alicyclic amines) is 1. The number of benzene rings is 2. The third kappa shape index (κ3) is 7.09. The Hall–Kier alpha value is -2.48. The molecule has 0 bridgehead atoms. The van der Waals surface area contributed by atoms with E-state index in [1.165, 1.54) is 12.1 Å². The zero-order chi connectivity index (χ0) is 21.3. The lowest BCUT2D eigenvalue weighted by Gasteiger charge is -2.33. The number of aliphatic hydroxyl groups is 1. The fraction of sp³-hybridized carbons (Fsp3) is 0.435. The van der Waals surface area contributed by atoms with Crippen LogP contribution in [0.4, 0.5) is 4.39 Å². The Kier molecular flexibility index (Phi) is 8.19. The summed E-state index contributed by atoms with van der Waals surface area (Å²) in [5.74, 6) is -0.637.